The lowest BCUT2D eigenvalue weighted by atomic mass is 9.82. The van der Waals surface area contributed by atoms with Gasteiger partial charge in [-0.25, -0.2) is 0 Å². The zero-order valence-electron chi connectivity index (χ0n) is 18.6. The predicted molar refractivity (Wildman–Crippen MR) is 139 cm³/mol. The van der Waals surface area contributed by atoms with Crippen LogP contribution in [-0.2, 0) is 6.42 Å². The minimum Gasteiger partial charge on any atom is -0.253 e. The predicted octanol–water partition coefficient (Wildman–Crippen LogP) is 8.26. The summed E-state index contributed by atoms with van der Waals surface area (Å²) in [6.45, 7) is 0. The third-order valence-electron chi connectivity index (χ3n) is 7.51. The van der Waals surface area contributed by atoms with Gasteiger partial charge in [-0.1, -0.05) is 91.0 Å². The molecule has 1 heteroatoms. The molecule has 0 aromatic heterocycles. The van der Waals surface area contributed by atoms with Gasteiger partial charge in [0, 0.05) is 5.71 Å². The van der Waals surface area contributed by atoms with Crippen molar-refractivity contribution in [2.75, 3.05) is 0 Å². The Morgan fingerprint density at radius 1 is 0.697 bits per heavy atom. The number of hydrogen-bond donors (Lipinski definition) is 0. The maximum absolute atomic E-state index is 5.06. The molecule has 2 aliphatic carbocycles. The highest BCUT2D eigenvalue weighted by molar-refractivity contribution is 6.22. The first-order valence-corrected chi connectivity index (χ1v) is 12.0. The van der Waals surface area contributed by atoms with E-state index in [-0.39, 0.29) is 0 Å². The first kappa shape index (κ1) is 18.8. The number of fused-ring (bicyclic) bond motifs is 4. The van der Waals surface area contributed by atoms with Crippen molar-refractivity contribution in [1.29, 1.82) is 0 Å². The fourth-order valence-electron chi connectivity index (χ4n) is 6.01. The number of hydrogen-bond acceptors (Lipinski definition) is 1. The van der Waals surface area contributed by atoms with Gasteiger partial charge in [-0.3, -0.25) is 4.99 Å². The Labute approximate surface area is 194 Å². The van der Waals surface area contributed by atoms with Crippen molar-refractivity contribution in [3.8, 4) is 0 Å². The third kappa shape index (κ3) is 2.96. The summed E-state index contributed by atoms with van der Waals surface area (Å²) in [5, 5.41) is 2.87. The molecule has 4 aromatic carbocycles. The van der Waals surface area contributed by atoms with Crippen LogP contribution in [0.5, 0.6) is 0 Å². The lowest BCUT2D eigenvalue weighted by Gasteiger charge is -2.26. The zero-order valence-corrected chi connectivity index (χ0v) is 18.6. The number of rotatable bonds is 3. The Morgan fingerprint density at radius 3 is 2.30 bits per heavy atom. The monoisotopic (exact) mass is 423 g/mol. The molecule has 3 aliphatic rings. The Morgan fingerprint density at radius 2 is 1.45 bits per heavy atom. The van der Waals surface area contributed by atoms with E-state index in [1.165, 1.54) is 55.4 Å². The van der Waals surface area contributed by atoms with Crippen LogP contribution in [0.4, 0.5) is 5.69 Å². The number of nitrogens with zero attached hydrogens (tertiary/aromatic N) is 1. The van der Waals surface area contributed by atoms with E-state index >= 15 is 0 Å². The molecule has 0 fully saturated rings. The second kappa shape index (κ2) is 7.42. The van der Waals surface area contributed by atoms with Crippen LogP contribution >= 0.6 is 0 Å². The highest BCUT2D eigenvalue weighted by Gasteiger charge is 2.28. The molecular formula is C32H25N. The van der Waals surface area contributed by atoms with Crippen LogP contribution < -0.4 is 0 Å². The Balaban J connectivity index is 1.33. The minimum absolute atomic E-state index is 0.424. The van der Waals surface area contributed by atoms with Crippen molar-refractivity contribution in [2.45, 2.75) is 31.6 Å². The fraction of sp³-hybridized carbons (Fsp3) is 0.156. The summed E-state index contributed by atoms with van der Waals surface area (Å²) in [4.78, 5) is 5.06. The molecular weight excluding hydrogens is 398 g/mol. The number of benzene rings is 4. The van der Waals surface area contributed by atoms with Crippen LogP contribution in [0.25, 0.3) is 21.9 Å². The van der Waals surface area contributed by atoms with Gasteiger partial charge in [0.2, 0.25) is 0 Å². The molecule has 0 N–H and O–H groups in total. The Hall–Kier alpha value is -3.71. The first-order chi connectivity index (χ1) is 16.4. The van der Waals surface area contributed by atoms with Crippen molar-refractivity contribution >= 4 is 33.3 Å². The maximum atomic E-state index is 5.06. The smallest absolute Gasteiger partial charge is 0.0668 e. The molecule has 1 heterocycles. The van der Waals surface area contributed by atoms with Crippen LogP contribution in [0.1, 0.15) is 53.0 Å². The number of para-hydroxylation sites is 1. The van der Waals surface area contributed by atoms with Gasteiger partial charge in [0.25, 0.3) is 0 Å². The van der Waals surface area contributed by atoms with E-state index in [2.05, 4.69) is 97.1 Å². The third-order valence-corrected chi connectivity index (χ3v) is 7.51. The summed E-state index contributed by atoms with van der Waals surface area (Å²) < 4.78 is 0. The molecule has 0 amide bonds. The molecule has 0 saturated heterocycles. The Kier molecular flexibility index (Phi) is 4.23. The molecule has 1 unspecified atom stereocenters. The van der Waals surface area contributed by atoms with E-state index in [0.717, 1.165) is 31.4 Å². The van der Waals surface area contributed by atoms with Crippen molar-refractivity contribution in [2.24, 2.45) is 4.99 Å². The van der Waals surface area contributed by atoms with Gasteiger partial charge in [0.05, 0.1) is 5.69 Å². The quantitative estimate of drug-likeness (QED) is 0.314. The van der Waals surface area contributed by atoms with Gasteiger partial charge in [-0.05, 0) is 87.4 Å². The molecule has 1 atom stereocenters. The highest BCUT2D eigenvalue weighted by atomic mass is 14.8. The van der Waals surface area contributed by atoms with E-state index in [4.69, 9.17) is 4.99 Å². The van der Waals surface area contributed by atoms with E-state index in [1.54, 1.807) is 0 Å². The molecule has 0 saturated carbocycles. The van der Waals surface area contributed by atoms with Crippen LogP contribution in [0.2, 0.25) is 0 Å². The van der Waals surface area contributed by atoms with Gasteiger partial charge in [-0.15, -0.1) is 0 Å². The molecule has 0 bridgehead atoms. The second-order valence-corrected chi connectivity index (χ2v) is 9.40. The molecule has 0 spiro atoms. The van der Waals surface area contributed by atoms with Crippen LogP contribution in [0.3, 0.4) is 0 Å². The highest BCUT2D eigenvalue weighted by Crippen LogP contribution is 2.49. The lowest BCUT2D eigenvalue weighted by molar-refractivity contribution is 0.708. The van der Waals surface area contributed by atoms with Gasteiger partial charge < -0.3 is 0 Å². The van der Waals surface area contributed by atoms with Crippen molar-refractivity contribution in [3.63, 3.8) is 0 Å². The molecule has 1 nitrogen and oxygen atoms in total. The SMILES string of the molecule is C1=C2C(=CCC1)c1ccc(CC3CC(c4ccccc4)=Nc4ccccc43)c3cccc2c13. The van der Waals surface area contributed by atoms with Crippen LogP contribution in [-0.4, -0.2) is 5.71 Å². The van der Waals surface area contributed by atoms with Crippen LogP contribution in [0.15, 0.2) is 102 Å². The minimum atomic E-state index is 0.424. The summed E-state index contributed by atoms with van der Waals surface area (Å²) in [6.07, 6.45) is 9.17. The zero-order chi connectivity index (χ0) is 21.8. The second-order valence-electron chi connectivity index (χ2n) is 9.40. The standard InChI is InChI=1S/C32H25N/c1-2-9-21(10-3-1)31-20-23(24-11-6-7-16-30(24)33-31)19-22-17-18-29-27-13-5-4-12-26(27)28-15-8-14-25(22)32(28)29/h1-3,6-18,23H,4-5,19-20H2. The van der Waals surface area contributed by atoms with E-state index in [0.29, 0.717) is 5.92 Å². The van der Waals surface area contributed by atoms with Crippen molar-refractivity contribution in [3.05, 3.63) is 125 Å². The molecule has 4 aromatic rings. The van der Waals surface area contributed by atoms with E-state index < -0.39 is 0 Å². The largest absolute Gasteiger partial charge is 0.253 e. The lowest BCUT2D eigenvalue weighted by Crippen LogP contribution is -2.15. The van der Waals surface area contributed by atoms with Gasteiger partial charge in [-0.2, -0.15) is 0 Å². The average molecular weight is 424 g/mol. The summed E-state index contributed by atoms with van der Waals surface area (Å²) in [5.41, 5.74) is 12.1. The first-order valence-electron chi connectivity index (χ1n) is 12.0. The summed E-state index contributed by atoms with van der Waals surface area (Å²) in [6, 6.07) is 31.0. The van der Waals surface area contributed by atoms with Crippen molar-refractivity contribution in [1.82, 2.24) is 0 Å². The molecule has 0 radical (unpaired) electrons. The Bertz CT molecular complexity index is 1470. The number of allylic oxidation sites excluding steroid dienone is 4. The van der Waals surface area contributed by atoms with Gasteiger partial charge in [0.1, 0.15) is 0 Å². The fourth-order valence-corrected chi connectivity index (χ4v) is 6.01. The van der Waals surface area contributed by atoms with Gasteiger partial charge in [0.15, 0.2) is 0 Å². The molecule has 7 rings (SSSR count). The summed E-state index contributed by atoms with van der Waals surface area (Å²) in [7, 11) is 0. The molecule has 1 aliphatic heterocycles. The average Bonchev–Trinajstić information content (AvgIpc) is 3.21. The van der Waals surface area contributed by atoms with Crippen molar-refractivity contribution < 1.29 is 0 Å². The van der Waals surface area contributed by atoms with Crippen LogP contribution in [0, 0.1) is 0 Å². The molecule has 33 heavy (non-hydrogen) atoms. The topological polar surface area (TPSA) is 12.4 Å². The van der Waals surface area contributed by atoms with E-state index in [9.17, 15) is 0 Å². The molecule has 158 valence electrons. The maximum Gasteiger partial charge on any atom is 0.0668 e. The number of aliphatic imine (C=N–C) groups is 1. The summed E-state index contributed by atoms with van der Waals surface area (Å²) in [5.74, 6) is 0.424. The normalized spacial score (nSPS) is 18.3. The van der Waals surface area contributed by atoms with Gasteiger partial charge >= 0.3 is 0 Å². The van der Waals surface area contributed by atoms with E-state index in [1.807, 2.05) is 0 Å². The summed E-state index contributed by atoms with van der Waals surface area (Å²) >= 11 is 0.